The van der Waals surface area contributed by atoms with Crippen LogP contribution < -0.4 is 5.32 Å². The van der Waals surface area contributed by atoms with E-state index in [0.717, 1.165) is 50.2 Å². The van der Waals surface area contributed by atoms with Crippen LogP contribution in [0.25, 0.3) is 11.0 Å². The summed E-state index contributed by atoms with van der Waals surface area (Å²) >= 11 is 0. The van der Waals surface area contributed by atoms with Gasteiger partial charge < -0.3 is 14.8 Å². The molecule has 0 saturated heterocycles. The molecule has 0 spiro atoms. The molecule has 31 heavy (non-hydrogen) atoms. The van der Waals surface area contributed by atoms with Crippen molar-refractivity contribution in [3.63, 3.8) is 0 Å². The number of hydrogen-bond donors (Lipinski definition) is 1. The van der Waals surface area contributed by atoms with Crippen LogP contribution in [0.5, 0.6) is 0 Å². The first-order chi connectivity index (χ1) is 14.9. The quantitative estimate of drug-likeness (QED) is 0.602. The van der Waals surface area contributed by atoms with Gasteiger partial charge in [0.1, 0.15) is 5.82 Å². The second-order valence-corrected chi connectivity index (χ2v) is 8.77. The Morgan fingerprint density at radius 1 is 1.26 bits per heavy atom. The van der Waals surface area contributed by atoms with Crippen LogP contribution in [0, 0.1) is 0 Å². The van der Waals surface area contributed by atoms with Gasteiger partial charge in [-0.3, -0.25) is 14.4 Å². The molecular formula is C23H33N7O. The number of benzene rings is 1. The molecule has 8 heteroatoms. The van der Waals surface area contributed by atoms with Gasteiger partial charge in [-0.05, 0) is 45.0 Å². The summed E-state index contributed by atoms with van der Waals surface area (Å²) in [6.07, 6.45) is 6.78. The minimum atomic E-state index is 0.117. The van der Waals surface area contributed by atoms with Crippen LogP contribution in [-0.4, -0.2) is 75.3 Å². The molecule has 0 aliphatic carbocycles. The van der Waals surface area contributed by atoms with Crippen LogP contribution in [-0.2, 0) is 30.7 Å². The Bertz CT molecular complexity index is 1040. The molecule has 1 amide bonds. The summed E-state index contributed by atoms with van der Waals surface area (Å²) in [4.78, 5) is 20.9. The maximum atomic E-state index is 12.1. The molecule has 1 atom stereocenters. The fraction of sp³-hybridized carbons (Fsp3) is 0.522. The standard InChI is InChI=1S/C23H33N7O/c1-17-6-7-18-19(25-17)8-9-20-23(18)26-21(10-13-29-12-5-11-24-29)30(20)15-14-28(4)16-22(31)27(2)3/h5,8-9,11-12,17,25H,6-7,10,13-16H2,1-4H3/t17-/m0/s1. The zero-order chi connectivity index (χ0) is 22.0. The highest BCUT2D eigenvalue weighted by molar-refractivity contribution is 5.86. The molecule has 166 valence electrons. The van der Waals surface area contributed by atoms with E-state index in [-0.39, 0.29) is 5.91 Å². The molecule has 0 radical (unpaired) electrons. The van der Waals surface area contributed by atoms with Crippen molar-refractivity contribution in [2.24, 2.45) is 0 Å². The summed E-state index contributed by atoms with van der Waals surface area (Å²) in [5.41, 5.74) is 4.83. The lowest BCUT2D eigenvalue weighted by Gasteiger charge is -2.24. The minimum Gasteiger partial charge on any atom is -0.382 e. The zero-order valence-electron chi connectivity index (χ0n) is 19.0. The number of aryl methyl sites for hydroxylation is 3. The van der Waals surface area contributed by atoms with Crippen LogP contribution in [0.2, 0.25) is 0 Å². The number of fused-ring (bicyclic) bond motifs is 3. The molecule has 1 aliphatic rings. The van der Waals surface area contributed by atoms with Crippen LogP contribution in [0.4, 0.5) is 5.69 Å². The summed E-state index contributed by atoms with van der Waals surface area (Å²) in [6, 6.07) is 6.83. The molecule has 3 aromatic rings. The highest BCUT2D eigenvalue weighted by Gasteiger charge is 2.21. The number of hydrogen-bond acceptors (Lipinski definition) is 5. The highest BCUT2D eigenvalue weighted by Crippen LogP contribution is 2.32. The minimum absolute atomic E-state index is 0.117. The molecular weight excluding hydrogens is 390 g/mol. The van der Waals surface area contributed by atoms with E-state index in [4.69, 9.17) is 4.98 Å². The van der Waals surface area contributed by atoms with E-state index < -0.39 is 0 Å². The number of likely N-dealkylation sites (N-methyl/N-ethyl adjacent to an activating group) is 2. The SMILES string of the molecule is C[C@H]1CCc2c(ccc3c2nc(CCn2cccn2)n3CCN(C)CC(=O)N(C)C)N1. The van der Waals surface area contributed by atoms with Gasteiger partial charge in [-0.15, -0.1) is 0 Å². The van der Waals surface area contributed by atoms with Gasteiger partial charge in [-0.1, -0.05) is 0 Å². The van der Waals surface area contributed by atoms with Crippen molar-refractivity contribution < 1.29 is 4.79 Å². The van der Waals surface area contributed by atoms with Crippen LogP contribution >= 0.6 is 0 Å². The Balaban J connectivity index is 1.60. The maximum Gasteiger partial charge on any atom is 0.236 e. The third kappa shape index (κ3) is 4.74. The van der Waals surface area contributed by atoms with Crippen molar-refractivity contribution in [2.45, 2.75) is 45.3 Å². The van der Waals surface area contributed by atoms with Crippen molar-refractivity contribution in [1.82, 2.24) is 29.1 Å². The Morgan fingerprint density at radius 3 is 2.84 bits per heavy atom. The number of rotatable bonds is 8. The molecule has 0 bridgehead atoms. The summed E-state index contributed by atoms with van der Waals surface area (Å²) in [6.45, 7) is 5.02. The van der Waals surface area contributed by atoms with Crippen LogP contribution in [0.3, 0.4) is 0 Å². The lowest BCUT2D eigenvalue weighted by Crippen LogP contribution is -2.36. The predicted molar refractivity (Wildman–Crippen MR) is 123 cm³/mol. The number of nitrogens with zero attached hydrogens (tertiary/aromatic N) is 6. The molecule has 2 aromatic heterocycles. The molecule has 3 heterocycles. The van der Waals surface area contributed by atoms with Crippen LogP contribution in [0.1, 0.15) is 24.7 Å². The van der Waals surface area contributed by atoms with Gasteiger partial charge in [-0.25, -0.2) is 4.98 Å². The lowest BCUT2D eigenvalue weighted by atomic mass is 9.98. The average molecular weight is 424 g/mol. The van der Waals surface area contributed by atoms with Gasteiger partial charge in [0, 0.05) is 69.8 Å². The molecule has 0 fully saturated rings. The Morgan fingerprint density at radius 2 is 2.10 bits per heavy atom. The fourth-order valence-corrected chi connectivity index (χ4v) is 4.19. The molecule has 1 aromatic carbocycles. The van der Waals surface area contributed by atoms with Crippen LogP contribution in [0.15, 0.2) is 30.6 Å². The fourth-order valence-electron chi connectivity index (χ4n) is 4.19. The number of nitrogens with one attached hydrogen (secondary N) is 1. The number of amides is 1. The third-order valence-corrected chi connectivity index (χ3v) is 6.07. The molecule has 1 aliphatic heterocycles. The molecule has 8 nitrogen and oxygen atoms in total. The average Bonchev–Trinajstić information content (AvgIpc) is 3.37. The van der Waals surface area contributed by atoms with Gasteiger partial charge in [-0.2, -0.15) is 5.10 Å². The molecule has 1 N–H and O–H groups in total. The Labute approximate surface area is 183 Å². The molecule has 4 rings (SSSR count). The van der Waals surface area contributed by atoms with E-state index in [1.54, 1.807) is 19.0 Å². The first-order valence-corrected chi connectivity index (χ1v) is 11.1. The van der Waals surface area contributed by atoms with E-state index in [1.165, 1.54) is 16.8 Å². The Hall–Kier alpha value is -2.87. The van der Waals surface area contributed by atoms with Gasteiger partial charge in [0.2, 0.25) is 5.91 Å². The van der Waals surface area contributed by atoms with E-state index >= 15 is 0 Å². The summed E-state index contributed by atoms with van der Waals surface area (Å²) in [7, 11) is 5.59. The van der Waals surface area contributed by atoms with Gasteiger partial charge in [0.25, 0.3) is 0 Å². The van der Waals surface area contributed by atoms with Crippen molar-refractivity contribution in [3.05, 3.63) is 42.0 Å². The predicted octanol–water partition coefficient (Wildman–Crippen LogP) is 2.24. The first-order valence-electron chi connectivity index (χ1n) is 11.1. The number of aromatic nitrogens is 4. The largest absolute Gasteiger partial charge is 0.382 e. The van der Waals surface area contributed by atoms with Crippen molar-refractivity contribution in [3.8, 4) is 0 Å². The first kappa shape index (κ1) is 21.4. The number of carbonyl (C=O) groups excluding carboxylic acids is 1. The second-order valence-electron chi connectivity index (χ2n) is 8.77. The normalized spacial score (nSPS) is 15.8. The second kappa shape index (κ2) is 9.09. The van der Waals surface area contributed by atoms with Crippen molar-refractivity contribution in [1.29, 1.82) is 0 Å². The lowest BCUT2D eigenvalue weighted by molar-refractivity contribution is -0.129. The van der Waals surface area contributed by atoms with Gasteiger partial charge in [0.05, 0.1) is 17.6 Å². The van der Waals surface area contributed by atoms with Gasteiger partial charge in [0.15, 0.2) is 0 Å². The van der Waals surface area contributed by atoms with E-state index in [0.29, 0.717) is 12.6 Å². The maximum absolute atomic E-state index is 12.1. The van der Waals surface area contributed by atoms with E-state index in [9.17, 15) is 4.79 Å². The van der Waals surface area contributed by atoms with E-state index in [2.05, 4.69) is 38.9 Å². The third-order valence-electron chi connectivity index (χ3n) is 6.07. The smallest absolute Gasteiger partial charge is 0.236 e. The van der Waals surface area contributed by atoms with Crippen molar-refractivity contribution >= 4 is 22.6 Å². The van der Waals surface area contributed by atoms with Crippen molar-refractivity contribution in [2.75, 3.05) is 39.5 Å². The zero-order valence-corrected chi connectivity index (χ0v) is 19.0. The number of anilines is 1. The Kier molecular flexibility index (Phi) is 6.27. The summed E-state index contributed by atoms with van der Waals surface area (Å²) in [5.74, 6) is 1.19. The molecule has 0 unspecified atom stereocenters. The monoisotopic (exact) mass is 423 g/mol. The number of imidazole rings is 1. The summed E-state index contributed by atoms with van der Waals surface area (Å²) in [5, 5.41) is 7.94. The van der Waals surface area contributed by atoms with E-state index in [1.807, 2.05) is 30.2 Å². The number of carbonyl (C=O) groups is 1. The summed E-state index contributed by atoms with van der Waals surface area (Å²) < 4.78 is 4.28. The molecule has 0 saturated carbocycles. The highest BCUT2D eigenvalue weighted by atomic mass is 16.2. The van der Waals surface area contributed by atoms with Gasteiger partial charge >= 0.3 is 0 Å². The topological polar surface area (TPSA) is 71.2 Å².